The van der Waals surface area contributed by atoms with E-state index in [4.69, 9.17) is 4.98 Å². The molecule has 2 aromatic carbocycles. The van der Waals surface area contributed by atoms with Crippen LogP contribution in [-0.2, 0) is 0 Å². The van der Waals surface area contributed by atoms with Crippen LogP contribution in [0.2, 0.25) is 0 Å². The van der Waals surface area contributed by atoms with E-state index in [2.05, 4.69) is 43.4 Å². The molecular formula is C27H30N2O. The Morgan fingerprint density at radius 3 is 2.50 bits per heavy atom. The van der Waals surface area contributed by atoms with Crippen LogP contribution in [0.1, 0.15) is 54.1 Å². The van der Waals surface area contributed by atoms with Gasteiger partial charge in [0, 0.05) is 17.0 Å². The van der Waals surface area contributed by atoms with Gasteiger partial charge in [0.05, 0.1) is 16.8 Å². The molecule has 2 aliphatic rings. The topological polar surface area (TPSA) is 42.0 Å². The Morgan fingerprint density at radius 1 is 1.03 bits per heavy atom. The monoisotopic (exact) mass is 398 g/mol. The van der Waals surface area contributed by atoms with Crippen molar-refractivity contribution >= 4 is 16.8 Å². The first-order valence-electron chi connectivity index (χ1n) is 11.3. The molecule has 1 amide bonds. The predicted molar refractivity (Wildman–Crippen MR) is 123 cm³/mol. The van der Waals surface area contributed by atoms with Crippen LogP contribution in [0, 0.1) is 31.6 Å². The zero-order valence-electron chi connectivity index (χ0n) is 18.1. The number of nitrogens with one attached hydrogen (secondary N) is 1. The van der Waals surface area contributed by atoms with Gasteiger partial charge in [-0.25, -0.2) is 4.98 Å². The molecule has 5 rings (SSSR count). The molecule has 2 saturated carbocycles. The maximum atomic E-state index is 13.6. The van der Waals surface area contributed by atoms with E-state index < -0.39 is 0 Å². The minimum Gasteiger partial charge on any atom is -0.349 e. The number of carbonyl (C=O) groups is 1. The third-order valence-electron chi connectivity index (χ3n) is 7.48. The van der Waals surface area contributed by atoms with Crippen molar-refractivity contribution in [1.29, 1.82) is 0 Å². The van der Waals surface area contributed by atoms with Gasteiger partial charge in [0.25, 0.3) is 5.91 Å². The van der Waals surface area contributed by atoms with Crippen molar-refractivity contribution in [3.05, 3.63) is 65.2 Å². The highest BCUT2D eigenvalue weighted by atomic mass is 16.1. The summed E-state index contributed by atoms with van der Waals surface area (Å²) in [6.45, 7) is 6.31. The summed E-state index contributed by atoms with van der Waals surface area (Å²) in [5.74, 6) is 2.34. The Hall–Kier alpha value is -2.68. The quantitative estimate of drug-likeness (QED) is 0.579. The molecule has 1 heterocycles. The lowest BCUT2D eigenvalue weighted by Crippen LogP contribution is -2.40. The van der Waals surface area contributed by atoms with E-state index in [1.54, 1.807) is 0 Å². The molecule has 2 fully saturated rings. The summed E-state index contributed by atoms with van der Waals surface area (Å²) in [6.07, 6.45) is 5.36. The molecule has 0 saturated heterocycles. The van der Waals surface area contributed by atoms with Crippen LogP contribution < -0.4 is 5.32 Å². The molecule has 154 valence electrons. The standard InChI is InChI=1S/C27H30N2O/c1-16-8-11-20(12-9-16)26-17(2)25(22-6-4-5-7-24(22)29-26)27(30)28-18(3)23-15-19-10-13-21(23)14-19/h4-9,11-12,18-19,21,23H,10,13-15H2,1-3H3,(H,28,30). The van der Waals surface area contributed by atoms with Crippen LogP contribution in [0.25, 0.3) is 22.2 Å². The van der Waals surface area contributed by atoms with Gasteiger partial charge in [-0.1, -0.05) is 54.4 Å². The van der Waals surface area contributed by atoms with Gasteiger partial charge in [-0.3, -0.25) is 4.79 Å². The van der Waals surface area contributed by atoms with Crippen molar-refractivity contribution in [2.45, 2.75) is 52.5 Å². The Kier molecular flexibility index (Phi) is 4.85. The van der Waals surface area contributed by atoms with Gasteiger partial charge in [0.2, 0.25) is 0 Å². The summed E-state index contributed by atoms with van der Waals surface area (Å²) in [4.78, 5) is 18.5. The van der Waals surface area contributed by atoms with Crippen LogP contribution in [-0.4, -0.2) is 16.9 Å². The van der Waals surface area contributed by atoms with Crippen LogP contribution in [0.3, 0.4) is 0 Å². The number of amides is 1. The summed E-state index contributed by atoms with van der Waals surface area (Å²) in [5.41, 5.74) is 5.76. The maximum Gasteiger partial charge on any atom is 0.252 e. The normalized spacial score (nSPS) is 23.6. The molecule has 3 nitrogen and oxygen atoms in total. The average Bonchev–Trinajstić information content (AvgIpc) is 3.38. The first-order chi connectivity index (χ1) is 14.5. The van der Waals surface area contributed by atoms with E-state index >= 15 is 0 Å². The zero-order chi connectivity index (χ0) is 20.8. The molecule has 2 aliphatic carbocycles. The summed E-state index contributed by atoms with van der Waals surface area (Å²) >= 11 is 0. The Bertz CT molecular complexity index is 1100. The fraction of sp³-hybridized carbons (Fsp3) is 0.407. The molecule has 4 atom stereocenters. The molecule has 0 spiro atoms. The Labute approximate surface area is 178 Å². The van der Waals surface area contributed by atoms with Gasteiger partial charge in [-0.05, 0) is 69.4 Å². The third kappa shape index (κ3) is 3.30. The minimum atomic E-state index is 0.0368. The highest BCUT2D eigenvalue weighted by molar-refractivity contribution is 6.09. The molecule has 30 heavy (non-hydrogen) atoms. The number of hydrogen-bond acceptors (Lipinski definition) is 2. The van der Waals surface area contributed by atoms with Gasteiger partial charge in [-0.15, -0.1) is 0 Å². The molecule has 2 bridgehead atoms. The molecule has 3 aromatic rings. The van der Waals surface area contributed by atoms with Gasteiger partial charge < -0.3 is 5.32 Å². The van der Waals surface area contributed by atoms with Gasteiger partial charge in [0.15, 0.2) is 0 Å². The lowest BCUT2D eigenvalue weighted by molar-refractivity contribution is 0.0916. The Morgan fingerprint density at radius 2 is 1.80 bits per heavy atom. The van der Waals surface area contributed by atoms with E-state index in [-0.39, 0.29) is 11.9 Å². The number of fused-ring (bicyclic) bond motifs is 3. The first-order valence-corrected chi connectivity index (χ1v) is 11.3. The number of carbonyl (C=O) groups excluding carboxylic acids is 1. The third-order valence-corrected chi connectivity index (χ3v) is 7.48. The van der Waals surface area contributed by atoms with Crippen molar-refractivity contribution in [3.63, 3.8) is 0 Å². The fourth-order valence-electron chi connectivity index (χ4n) is 5.88. The zero-order valence-corrected chi connectivity index (χ0v) is 18.1. The highest BCUT2D eigenvalue weighted by Crippen LogP contribution is 2.49. The number of hydrogen-bond donors (Lipinski definition) is 1. The van der Waals surface area contributed by atoms with Crippen molar-refractivity contribution in [1.82, 2.24) is 10.3 Å². The van der Waals surface area contributed by atoms with Crippen molar-refractivity contribution in [2.24, 2.45) is 17.8 Å². The lowest BCUT2D eigenvalue weighted by atomic mass is 9.84. The molecular weight excluding hydrogens is 368 g/mol. The van der Waals surface area contributed by atoms with E-state index in [0.717, 1.165) is 45.1 Å². The fourth-order valence-corrected chi connectivity index (χ4v) is 5.88. The lowest BCUT2D eigenvalue weighted by Gasteiger charge is -2.29. The number of para-hydroxylation sites is 1. The van der Waals surface area contributed by atoms with Gasteiger partial charge in [0.1, 0.15) is 0 Å². The minimum absolute atomic E-state index is 0.0368. The molecule has 0 radical (unpaired) electrons. The van der Waals surface area contributed by atoms with Crippen LogP contribution >= 0.6 is 0 Å². The Balaban J connectivity index is 1.53. The molecule has 4 unspecified atom stereocenters. The van der Waals surface area contributed by atoms with Crippen molar-refractivity contribution < 1.29 is 4.79 Å². The number of nitrogens with zero attached hydrogens (tertiary/aromatic N) is 1. The van der Waals surface area contributed by atoms with E-state index in [0.29, 0.717) is 5.92 Å². The van der Waals surface area contributed by atoms with Crippen molar-refractivity contribution in [3.8, 4) is 11.3 Å². The first kappa shape index (κ1) is 19.3. The summed E-state index contributed by atoms with van der Waals surface area (Å²) in [6, 6.07) is 16.6. The predicted octanol–water partition coefficient (Wildman–Crippen LogP) is 6.07. The van der Waals surface area contributed by atoms with Gasteiger partial charge in [-0.2, -0.15) is 0 Å². The highest BCUT2D eigenvalue weighted by Gasteiger charge is 2.42. The average molecular weight is 399 g/mol. The van der Waals surface area contributed by atoms with Gasteiger partial charge >= 0.3 is 0 Å². The molecule has 1 aromatic heterocycles. The number of aryl methyl sites for hydroxylation is 1. The SMILES string of the molecule is Cc1ccc(-c2nc3ccccc3c(C(=O)NC(C)C3CC4CCC3C4)c2C)cc1. The summed E-state index contributed by atoms with van der Waals surface area (Å²) < 4.78 is 0. The van der Waals surface area contributed by atoms with Crippen LogP contribution in [0.4, 0.5) is 0 Å². The molecule has 0 aliphatic heterocycles. The van der Waals surface area contributed by atoms with Crippen molar-refractivity contribution in [2.75, 3.05) is 0 Å². The maximum absolute atomic E-state index is 13.6. The summed E-state index contributed by atoms with van der Waals surface area (Å²) in [7, 11) is 0. The largest absolute Gasteiger partial charge is 0.349 e. The van der Waals surface area contributed by atoms with E-state index in [1.165, 1.54) is 31.2 Å². The van der Waals surface area contributed by atoms with Crippen LogP contribution in [0.15, 0.2) is 48.5 Å². The molecule has 3 heteroatoms. The number of aromatic nitrogens is 1. The number of benzene rings is 2. The van der Waals surface area contributed by atoms with E-state index in [9.17, 15) is 4.79 Å². The second-order valence-corrected chi connectivity index (χ2v) is 9.44. The van der Waals surface area contributed by atoms with E-state index in [1.807, 2.05) is 31.2 Å². The second-order valence-electron chi connectivity index (χ2n) is 9.44. The smallest absolute Gasteiger partial charge is 0.252 e. The second kappa shape index (κ2) is 7.54. The number of rotatable bonds is 4. The number of pyridine rings is 1. The van der Waals surface area contributed by atoms with Crippen LogP contribution in [0.5, 0.6) is 0 Å². The molecule has 1 N–H and O–H groups in total. The summed E-state index contributed by atoms with van der Waals surface area (Å²) in [5, 5.41) is 4.31.